The van der Waals surface area contributed by atoms with Gasteiger partial charge in [-0.05, 0) is 25.0 Å². The first kappa shape index (κ1) is 10.8. The second-order valence-corrected chi connectivity index (χ2v) is 4.85. The summed E-state index contributed by atoms with van der Waals surface area (Å²) in [7, 11) is 0. The highest BCUT2D eigenvalue weighted by molar-refractivity contribution is 5.50. The zero-order valence-electron chi connectivity index (χ0n) is 10.4. The van der Waals surface area contributed by atoms with Gasteiger partial charge in [-0.2, -0.15) is 0 Å². The molecule has 4 rings (SSSR count). The molecule has 2 heterocycles. The molecule has 0 bridgehead atoms. The molecule has 1 fully saturated rings. The molecule has 0 unspecified atom stereocenters. The van der Waals surface area contributed by atoms with Gasteiger partial charge in [0.2, 0.25) is 6.79 Å². The van der Waals surface area contributed by atoms with Crippen molar-refractivity contribution in [2.45, 2.75) is 25.3 Å². The van der Waals surface area contributed by atoms with E-state index in [1.165, 1.54) is 12.8 Å². The molecule has 1 aromatic carbocycles. The van der Waals surface area contributed by atoms with Crippen LogP contribution in [0.1, 0.15) is 30.1 Å². The fraction of sp³-hybridized carbons (Fsp3) is 0.385. The van der Waals surface area contributed by atoms with Crippen molar-refractivity contribution in [3.63, 3.8) is 0 Å². The topological polar surface area (TPSA) is 75.2 Å². The van der Waals surface area contributed by atoms with Gasteiger partial charge in [0.05, 0.1) is 11.4 Å². The van der Waals surface area contributed by atoms with Gasteiger partial charge >= 0.3 is 0 Å². The van der Waals surface area contributed by atoms with Crippen LogP contribution in [0.25, 0.3) is 5.69 Å². The Morgan fingerprint density at radius 2 is 2.11 bits per heavy atom. The first-order valence-corrected chi connectivity index (χ1v) is 6.41. The lowest BCUT2D eigenvalue weighted by Gasteiger charge is -2.07. The van der Waals surface area contributed by atoms with Crippen molar-refractivity contribution >= 4 is 0 Å². The number of ether oxygens (including phenoxy) is 2. The van der Waals surface area contributed by atoms with Gasteiger partial charge in [-0.25, -0.2) is 4.68 Å². The summed E-state index contributed by atoms with van der Waals surface area (Å²) in [6.07, 6.45) is 2.37. The largest absolute Gasteiger partial charge is 0.454 e. The van der Waals surface area contributed by atoms with Gasteiger partial charge in [-0.3, -0.25) is 0 Å². The quantitative estimate of drug-likeness (QED) is 0.899. The van der Waals surface area contributed by atoms with Gasteiger partial charge in [0.1, 0.15) is 5.69 Å². The van der Waals surface area contributed by atoms with Crippen LogP contribution in [0.5, 0.6) is 11.5 Å². The molecule has 1 aromatic heterocycles. The van der Waals surface area contributed by atoms with Crippen molar-refractivity contribution in [1.29, 1.82) is 0 Å². The number of aromatic nitrogens is 3. The van der Waals surface area contributed by atoms with Gasteiger partial charge in [0, 0.05) is 18.5 Å². The highest BCUT2D eigenvalue weighted by Gasteiger charge is 2.31. The lowest BCUT2D eigenvalue weighted by Crippen LogP contribution is -2.05. The summed E-state index contributed by atoms with van der Waals surface area (Å²) in [5, 5.41) is 8.42. The summed E-state index contributed by atoms with van der Waals surface area (Å²) in [6.45, 7) is 0.704. The second kappa shape index (κ2) is 3.96. The van der Waals surface area contributed by atoms with Gasteiger partial charge < -0.3 is 15.2 Å². The van der Waals surface area contributed by atoms with E-state index in [-0.39, 0.29) is 6.79 Å². The third kappa shape index (κ3) is 1.67. The normalized spacial score (nSPS) is 16.9. The lowest BCUT2D eigenvalue weighted by molar-refractivity contribution is 0.174. The molecule has 2 aromatic rings. The monoisotopic (exact) mass is 258 g/mol. The van der Waals surface area contributed by atoms with Crippen LogP contribution in [0.3, 0.4) is 0 Å². The van der Waals surface area contributed by atoms with Crippen LogP contribution in [-0.2, 0) is 6.54 Å². The fourth-order valence-electron chi connectivity index (χ4n) is 2.44. The van der Waals surface area contributed by atoms with Gasteiger partial charge in [-0.15, -0.1) is 5.10 Å². The molecule has 6 nitrogen and oxygen atoms in total. The number of benzene rings is 1. The molecule has 0 saturated heterocycles. The molecule has 6 heteroatoms. The maximum Gasteiger partial charge on any atom is 0.231 e. The molecule has 98 valence electrons. The molecule has 2 N–H and O–H groups in total. The summed E-state index contributed by atoms with van der Waals surface area (Å²) in [5.41, 5.74) is 8.71. The smallest absolute Gasteiger partial charge is 0.231 e. The Bertz CT molecular complexity index is 634. The lowest BCUT2D eigenvalue weighted by atomic mass is 10.2. The van der Waals surface area contributed by atoms with Gasteiger partial charge in [-0.1, -0.05) is 5.21 Å². The first-order valence-electron chi connectivity index (χ1n) is 6.41. The third-order valence-electron chi connectivity index (χ3n) is 3.54. The van der Waals surface area contributed by atoms with Crippen LogP contribution >= 0.6 is 0 Å². The Balaban J connectivity index is 1.81. The Kier molecular flexibility index (Phi) is 2.25. The van der Waals surface area contributed by atoms with E-state index < -0.39 is 0 Å². The minimum atomic E-state index is 0.277. The van der Waals surface area contributed by atoms with E-state index in [4.69, 9.17) is 15.2 Å². The molecule has 1 saturated carbocycles. The van der Waals surface area contributed by atoms with Crippen molar-refractivity contribution in [2.75, 3.05) is 6.79 Å². The maximum absolute atomic E-state index is 5.74. The van der Waals surface area contributed by atoms with Crippen molar-refractivity contribution in [1.82, 2.24) is 15.0 Å². The second-order valence-electron chi connectivity index (χ2n) is 4.85. The Hall–Kier alpha value is -2.08. The predicted molar refractivity (Wildman–Crippen MR) is 67.3 cm³/mol. The van der Waals surface area contributed by atoms with Crippen molar-refractivity contribution in [2.24, 2.45) is 5.73 Å². The SMILES string of the molecule is NCc1nnn(-c2ccc3c(c2)OCO3)c1C1CC1. The zero-order chi connectivity index (χ0) is 12.8. The van der Waals surface area contributed by atoms with E-state index in [1.807, 2.05) is 22.9 Å². The van der Waals surface area contributed by atoms with Crippen molar-refractivity contribution in [3.05, 3.63) is 29.6 Å². The molecule has 2 aliphatic rings. The number of nitrogens with two attached hydrogens (primary N) is 1. The maximum atomic E-state index is 5.74. The number of hydrogen-bond donors (Lipinski definition) is 1. The predicted octanol–water partition coefficient (Wildman–Crippen LogP) is 1.33. The van der Waals surface area contributed by atoms with Crippen LogP contribution in [0, 0.1) is 0 Å². The molecule has 0 radical (unpaired) electrons. The fourth-order valence-corrected chi connectivity index (χ4v) is 2.44. The zero-order valence-corrected chi connectivity index (χ0v) is 10.4. The summed E-state index contributed by atoms with van der Waals surface area (Å²) >= 11 is 0. The molecule has 0 amide bonds. The van der Waals surface area contributed by atoms with E-state index in [9.17, 15) is 0 Å². The first-order chi connectivity index (χ1) is 9.36. The van der Waals surface area contributed by atoms with E-state index in [0.29, 0.717) is 12.5 Å². The van der Waals surface area contributed by atoms with E-state index in [1.54, 1.807) is 0 Å². The number of hydrogen-bond acceptors (Lipinski definition) is 5. The molecule has 1 aliphatic carbocycles. The Morgan fingerprint density at radius 1 is 1.26 bits per heavy atom. The summed E-state index contributed by atoms with van der Waals surface area (Å²) in [4.78, 5) is 0. The minimum absolute atomic E-state index is 0.277. The van der Waals surface area contributed by atoms with E-state index >= 15 is 0 Å². The molecule has 0 atom stereocenters. The number of fused-ring (bicyclic) bond motifs is 1. The van der Waals surface area contributed by atoms with E-state index in [2.05, 4.69) is 10.3 Å². The van der Waals surface area contributed by atoms with Gasteiger partial charge in [0.15, 0.2) is 11.5 Å². The average molecular weight is 258 g/mol. The third-order valence-corrected chi connectivity index (χ3v) is 3.54. The molecular formula is C13H14N4O2. The highest BCUT2D eigenvalue weighted by atomic mass is 16.7. The average Bonchev–Trinajstić information content (AvgIpc) is 3.02. The summed E-state index contributed by atoms with van der Waals surface area (Å²) in [6, 6.07) is 5.80. The Morgan fingerprint density at radius 3 is 2.89 bits per heavy atom. The van der Waals surface area contributed by atoms with E-state index in [0.717, 1.165) is 28.6 Å². The van der Waals surface area contributed by atoms with Crippen LogP contribution in [-0.4, -0.2) is 21.8 Å². The van der Waals surface area contributed by atoms with Crippen LogP contribution in [0.4, 0.5) is 0 Å². The van der Waals surface area contributed by atoms with Crippen molar-refractivity contribution in [3.8, 4) is 17.2 Å². The van der Waals surface area contributed by atoms with Crippen LogP contribution < -0.4 is 15.2 Å². The summed E-state index contributed by atoms with van der Waals surface area (Å²) in [5.74, 6) is 2.07. The van der Waals surface area contributed by atoms with Crippen LogP contribution in [0.2, 0.25) is 0 Å². The number of rotatable bonds is 3. The standard InChI is InChI=1S/C13H14N4O2/c14-6-10-13(8-1-2-8)17(16-15-10)9-3-4-11-12(5-9)19-7-18-11/h3-5,8H,1-2,6-7,14H2. The number of nitrogens with zero attached hydrogens (tertiary/aromatic N) is 3. The molecule has 1 aliphatic heterocycles. The Labute approximate surface area is 110 Å². The minimum Gasteiger partial charge on any atom is -0.454 e. The molecular weight excluding hydrogens is 244 g/mol. The highest BCUT2D eigenvalue weighted by Crippen LogP contribution is 2.42. The van der Waals surface area contributed by atoms with Crippen molar-refractivity contribution < 1.29 is 9.47 Å². The summed E-state index contributed by atoms with van der Waals surface area (Å²) < 4.78 is 12.6. The van der Waals surface area contributed by atoms with Crippen LogP contribution in [0.15, 0.2) is 18.2 Å². The molecule has 19 heavy (non-hydrogen) atoms. The van der Waals surface area contributed by atoms with Gasteiger partial charge in [0.25, 0.3) is 0 Å². The molecule has 0 spiro atoms.